The van der Waals surface area contributed by atoms with Gasteiger partial charge in [0, 0.05) is 42.2 Å². The minimum absolute atomic E-state index is 0.174. The van der Waals surface area contributed by atoms with Crippen LogP contribution in [0.5, 0.6) is 0 Å². The number of hydrogen-bond donors (Lipinski definition) is 2. The maximum absolute atomic E-state index is 12.7. The Balaban J connectivity index is 1.91. The number of anilines is 1. The molecule has 0 aromatic carbocycles. The number of amides is 1. The zero-order chi connectivity index (χ0) is 18.7. The monoisotopic (exact) mass is 354 g/mol. The molecule has 8 nitrogen and oxygen atoms in total. The molecular formula is C18H22N6O2. The molecule has 0 spiro atoms. The predicted molar refractivity (Wildman–Crippen MR) is 98.6 cm³/mol. The summed E-state index contributed by atoms with van der Waals surface area (Å²) >= 11 is 0. The van der Waals surface area contributed by atoms with E-state index in [9.17, 15) is 9.59 Å². The quantitative estimate of drug-likeness (QED) is 0.814. The Morgan fingerprint density at radius 2 is 2.04 bits per heavy atom. The van der Waals surface area contributed by atoms with Crippen molar-refractivity contribution in [2.45, 2.75) is 39.2 Å². The van der Waals surface area contributed by atoms with Crippen molar-refractivity contribution in [2.24, 2.45) is 0 Å². The third-order valence-electron chi connectivity index (χ3n) is 4.29. The normalized spacial score (nSPS) is 14.2. The molecule has 1 amide bonds. The molecule has 0 bridgehead atoms. The smallest absolute Gasteiger partial charge is 0.270 e. The highest BCUT2D eigenvalue weighted by molar-refractivity contribution is 5.88. The highest BCUT2D eigenvalue weighted by atomic mass is 16.2. The molecule has 0 saturated heterocycles. The van der Waals surface area contributed by atoms with Crippen molar-refractivity contribution in [1.82, 2.24) is 25.1 Å². The van der Waals surface area contributed by atoms with Gasteiger partial charge in [0.1, 0.15) is 6.54 Å². The number of rotatable bonds is 6. The summed E-state index contributed by atoms with van der Waals surface area (Å²) < 4.78 is 1.23. The lowest BCUT2D eigenvalue weighted by molar-refractivity contribution is -0.117. The minimum Gasteiger partial charge on any atom is -0.392 e. The fraction of sp³-hybridized carbons (Fsp3) is 0.389. The molecular weight excluding hydrogens is 332 g/mol. The van der Waals surface area contributed by atoms with E-state index in [0.29, 0.717) is 11.5 Å². The summed E-state index contributed by atoms with van der Waals surface area (Å²) in [4.78, 5) is 32.8. The van der Waals surface area contributed by atoms with Gasteiger partial charge < -0.3 is 5.32 Å². The van der Waals surface area contributed by atoms with E-state index < -0.39 is 0 Å². The van der Waals surface area contributed by atoms with Gasteiger partial charge in [0.15, 0.2) is 0 Å². The van der Waals surface area contributed by atoms with Gasteiger partial charge in [-0.25, -0.2) is 14.6 Å². The lowest BCUT2D eigenvalue weighted by atomic mass is 10.0. The molecule has 0 unspecified atom stereocenters. The molecule has 2 aromatic heterocycles. The van der Waals surface area contributed by atoms with Crippen molar-refractivity contribution in [2.75, 3.05) is 12.4 Å². The molecule has 2 aromatic rings. The number of nitrogens with one attached hydrogen (secondary N) is 2. The first-order chi connectivity index (χ1) is 12.5. The van der Waals surface area contributed by atoms with Crippen LogP contribution in [-0.2, 0) is 11.3 Å². The first-order valence-electron chi connectivity index (χ1n) is 8.54. The van der Waals surface area contributed by atoms with Gasteiger partial charge in [-0.05, 0) is 38.8 Å². The minimum atomic E-state index is -0.387. The van der Waals surface area contributed by atoms with Crippen molar-refractivity contribution in [3.63, 3.8) is 0 Å². The Hall–Kier alpha value is -3.03. The number of nitrogens with zero attached hydrogens (tertiary/aromatic N) is 4. The second-order valence-electron chi connectivity index (χ2n) is 6.36. The summed E-state index contributed by atoms with van der Waals surface area (Å²) in [6.45, 7) is 3.54. The van der Waals surface area contributed by atoms with Crippen LogP contribution in [0.1, 0.15) is 42.5 Å². The molecule has 1 fully saturated rings. The third kappa shape index (κ3) is 3.96. The predicted octanol–water partition coefficient (Wildman–Crippen LogP) is 1.44. The van der Waals surface area contributed by atoms with Crippen LogP contribution in [0.15, 0.2) is 29.0 Å². The third-order valence-corrected chi connectivity index (χ3v) is 4.29. The summed E-state index contributed by atoms with van der Waals surface area (Å²) in [7, 11) is 1.84. The topological polar surface area (TPSA) is 102 Å². The number of carbonyl (C=O) groups excluding carboxylic acids is 1. The van der Waals surface area contributed by atoms with Crippen LogP contribution in [-0.4, -0.2) is 32.7 Å². The van der Waals surface area contributed by atoms with Gasteiger partial charge in [-0.3, -0.25) is 14.9 Å². The van der Waals surface area contributed by atoms with Gasteiger partial charge in [0.2, 0.25) is 11.9 Å². The van der Waals surface area contributed by atoms with Crippen LogP contribution in [0.4, 0.5) is 5.95 Å². The maximum atomic E-state index is 12.7. The molecule has 0 atom stereocenters. The molecule has 1 saturated carbocycles. The molecule has 2 N–H and O–H groups in total. The van der Waals surface area contributed by atoms with E-state index in [0.717, 1.165) is 29.8 Å². The van der Waals surface area contributed by atoms with E-state index in [1.54, 1.807) is 13.0 Å². The van der Waals surface area contributed by atoms with Gasteiger partial charge in [-0.15, -0.1) is 0 Å². The second kappa shape index (κ2) is 7.47. The van der Waals surface area contributed by atoms with E-state index in [-0.39, 0.29) is 24.0 Å². The Labute approximate surface area is 151 Å². The summed E-state index contributed by atoms with van der Waals surface area (Å²) in [5.41, 5.74) is 3.01. The Bertz CT molecular complexity index is 900. The average molecular weight is 354 g/mol. The summed E-state index contributed by atoms with van der Waals surface area (Å²) in [6.07, 6.45) is 7.11. The molecule has 1 aliphatic rings. The van der Waals surface area contributed by atoms with Crippen LogP contribution < -0.4 is 16.2 Å². The van der Waals surface area contributed by atoms with Gasteiger partial charge >= 0.3 is 0 Å². The Kier molecular flexibility index (Phi) is 5.11. The van der Waals surface area contributed by atoms with Crippen molar-refractivity contribution in [3.8, 4) is 0 Å². The zero-order valence-electron chi connectivity index (χ0n) is 15.1. The summed E-state index contributed by atoms with van der Waals surface area (Å²) in [6, 6.07) is 1.66. The highest BCUT2D eigenvalue weighted by Gasteiger charge is 2.30. The number of allylic oxidation sites excluding steroid dienone is 1. The van der Waals surface area contributed by atoms with Crippen molar-refractivity contribution in [3.05, 3.63) is 51.3 Å². The van der Waals surface area contributed by atoms with E-state index in [4.69, 9.17) is 0 Å². The van der Waals surface area contributed by atoms with Crippen LogP contribution in [0.2, 0.25) is 0 Å². The van der Waals surface area contributed by atoms with E-state index >= 15 is 0 Å². The van der Waals surface area contributed by atoms with Crippen molar-refractivity contribution < 1.29 is 4.79 Å². The van der Waals surface area contributed by atoms with E-state index in [1.807, 2.05) is 20.0 Å². The largest absolute Gasteiger partial charge is 0.392 e. The number of carbonyl (C=O) groups is 1. The lowest BCUT2D eigenvalue weighted by Gasteiger charge is -2.13. The van der Waals surface area contributed by atoms with Crippen LogP contribution in [0, 0.1) is 6.92 Å². The molecule has 26 heavy (non-hydrogen) atoms. The first-order valence-corrected chi connectivity index (χ1v) is 8.54. The average Bonchev–Trinajstić information content (AvgIpc) is 3.47. The SMILES string of the molecule is CN/C(C)=C/c1c(C2CC2)nn(CC(=O)Nc2ncccn2)c(=O)c1C. The van der Waals surface area contributed by atoms with Crippen LogP contribution >= 0.6 is 0 Å². The molecule has 0 aliphatic heterocycles. The first kappa shape index (κ1) is 17.8. The van der Waals surface area contributed by atoms with Gasteiger partial charge in [0.25, 0.3) is 5.56 Å². The molecule has 1 aliphatic carbocycles. The Morgan fingerprint density at radius 1 is 1.35 bits per heavy atom. The maximum Gasteiger partial charge on any atom is 0.270 e. The summed E-state index contributed by atoms with van der Waals surface area (Å²) in [5, 5.41) is 10.1. The van der Waals surface area contributed by atoms with Crippen molar-refractivity contribution >= 4 is 17.9 Å². The van der Waals surface area contributed by atoms with Crippen LogP contribution in [0.25, 0.3) is 6.08 Å². The van der Waals surface area contributed by atoms with Gasteiger partial charge in [0.05, 0.1) is 5.69 Å². The van der Waals surface area contributed by atoms with Crippen LogP contribution in [0.3, 0.4) is 0 Å². The fourth-order valence-electron chi connectivity index (χ4n) is 2.63. The van der Waals surface area contributed by atoms with E-state index in [2.05, 4.69) is 25.7 Å². The Morgan fingerprint density at radius 3 is 2.65 bits per heavy atom. The highest BCUT2D eigenvalue weighted by Crippen LogP contribution is 2.41. The molecule has 136 valence electrons. The van der Waals surface area contributed by atoms with Crippen molar-refractivity contribution in [1.29, 1.82) is 0 Å². The second-order valence-corrected chi connectivity index (χ2v) is 6.36. The number of hydrogen-bond acceptors (Lipinski definition) is 6. The van der Waals surface area contributed by atoms with Gasteiger partial charge in [-0.2, -0.15) is 5.10 Å². The standard InChI is InChI=1S/C18H22N6O2/c1-11(19-3)9-14-12(2)17(26)24(23-16(14)13-5-6-13)10-15(25)22-18-20-7-4-8-21-18/h4,7-9,13,19H,5-6,10H2,1-3H3,(H,20,21,22,25)/b11-9+. The fourth-order valence-corrected chi connectivity index (χ4v) is 2.63. The lowest BCUT2D eigenvalue weighted by Crippen LogP contribution is -2.33. The molecule has 8 heteroatoms. The number of aromatic nitrogens is 4. The zero-order valence-corrected chi connectivity index (χ0v) is 15.1. The molecule has 2 heterocycles. The van der Waals surface area contributed by atoms with Gasteiger partial charge in [-0.1, -0.05) is 0 Å². The van der Waals surface area contributed by atoms with E-state index in [1.165, 1.54) is 17.1 Å². The molecule has 0 radical (unpaired) electrons. The molecule has 3 rings (SSSR count). The summed E-state index contributed by atoms with van der Waals surface area (Å²) in [5.74, 6) is 0.160.